The monoisotopic (exact) mass is 692 g/mol. The maximum atomic E-state index is 2.78. The number of hydrogen-bond acceptors (Lipinski definition) is 1. The van der Waals surface area contributed by atoms with Gasteiger partial charge in [0.1, 0.15) is 0 Å². The van der Waals surface area contributed by atoms with Crippen LogP contribution in [0.2, 0.25) is 0 Å². The highest BCUT2D eigenvalue weighted by Crippen LogP contribution is 2.57. The van der Waals surface area contributed by atoms with Gasteiger partial charge < -0.3 is 9.47 Å². The Balaban J connectivity index is 0.990. The Labute approximate surface area is 316 Å². The molecule has 53 heavy (non-hydrogen) atoms. The van der Waals surface area contributed by atoms with Crippen molar-refractivity contribution in [3.63, 3.8) is 0 Å². The van der Waals surface area contributed by atoms with Crippen LogP contribution in [0, 0.1) is 11.3 Å². The van der Waals surface area contributed by atoms with E-state index >= 15 is 0 Å². The van der Waals surface area contributed by atoms with Crippen molar-refractivity contribution in [3.05, 3.63) is 167 Å². The van der Waals surface area contributed by atoms with E-state index in [4.69, 9.17) is 0 Å². The smallest absolute Gasteiger partial charge is 0.0557 e. The Hall–Kier alpha value is -4.82. The van der Waals surface area contributed by atoms with Gasteiger partial charge in [0, 0.05) is 39.6 Å². The van der Waals surface area contributed by atoms with Crippen LogP contribution < -0.4 is 4.90 Å². The molecule has 2 heteroatoms. The standard InChI is InChI=1S/C51H52N2/c1-51(2)47-19-11-9-17-43(47)44-31-30-42(34-48(44)51)52(40-26-21-36(22-27-40)35-13-5-3-6-14-35)41-28-23-37(24-29-41)38-25-32-50-46(33-38)45-18-10-12-20-49(45)53(50)39-15-7-4-8-16-39/h3-10,13-15,17-18,23-26,28-29,31-33,36,39,42,48H,11-12,16,19-22,27,30,34H2,1-2H3. The van der Waals surface area contributed by atoms with Crippen LogP contribution in [0.5, 0.6) is 0 Å². The van der Waals surface area contributed by atoms with Crippen molar-refractivity contribution in [2.24, 2.45) is 11.3 Å². The van der Waals surface area contributed by atoms with E-state index in [-0.39, 0.29) is 5.41 Å². The molecule has 0 radical (unpaired) electrons. The van der Waals surface area contributed by atoms with E-state index in [0.717, 1.165) is 38.5 Å². The molecule has 0 aliphatic heterocycles. The highest BCUT2D eigenvalue weighted by atomic mass is 15.2. The summed E-state index contributed by atoms with van der Waals surface area (Å²) < 4.78 is 2.62. The summed E-state index contributed by atoms with van der Waals surface area (Å²) in [6, 6.07) is 28.9. The summed E-state index contributed by atoms with van der Waals surface area (Å²) in [5.41, 5.74) is 16.3. The van der Waals surface area contributed by atoms with E-state index in [0.29, 0.717) is 23.9 Å². The van der Waals surface area contributed by atoms with Crippen LogP contribution in [0.3, 0.4) is 0 Å². The van der Waals surface area contributed by atoms with E-state index in [2.05, 4.69) is 157 Å². The molecular weight excluding hydrogens is 641 g/mol. The molecule has 0 saturated carbocycles. The summed E-state index contributed by atoms with van der Waals surface area (Å²) in [5.74, 6) is 1.19. The number of aromatic nitrogens is 1. The lowest BCUT2D eigenvalue weighted by molar-refractivity contribution is 0.275. The minimum absolute atomic E-state index is 0.218. The van der Waals surface area contributed by atoms with Crippen molar-refractivity contribution in [2.75, 3.05) is 4.90 Å². The van der Waals surface area contributed by atoms with Crippen LogP contribution in [0.25, 0.3) is 28.1 Å². The van der Waals surface area contributed by atoms with Gasteiger partial charge in [0.05, 0.1) is 6.04 Å². The Bertz CT molecular complexity index is 2280. The normalized spacial score (nSPS) is 25.5. The van der Waals surface area contributed by atoms with Gasteiger partial charge in [0.15, 0.2) is 0 Å². The van der Waals surface area contributed by atoms with Gasteiger partial charge in [-0.1, -0.05) is 129 Å². The quantitative estimate of drug-likeness (QED) is 0.195. The molecule has 10 rings (SSSR count). The third-order valence-electron chi connectivity index (χ3n) is 13.7. The molecule has 1 aromatic heterocycles. The zero-order valence-corrected chi connectivity index (χ0v) is 31.5. The Morgan fingerprint density at radius 2 is 1.58 bits per heavy atom. The van der Waals surface area contributed by atoms with E-state index in [1.807, 2.05) is 0 Å². The summed E-state index contributed by atoms with van der Waals surface area (Å²) in [7, 11) is 0. The highest BCUT2D eigenvalue weighted by Gasteiger charge is 2.47. The molecule has 1 heterocycles. The zero-order valence-electron chi connectivity index (χ0n) is 31.5. The SMILES string of the molecule is CC1(C)C2=C(C=CCC2)C2=CCC(N(C3=CCC(c4ccccc4)CC3)c3ccc(-c4ccc5c(c4)c4c(n5C5C=CC=CC5)CCC=C4)cc3)CC21. The van der Waals surface area contributed by atoms with Crippen molar-refractivity contribution in [1.82, 2.24) is 4.57 Å². The number of rotatable bonds is 6. The van der Waals surface area contributed by atoms with Crippen LogP contribution >= 0.6 is 0 Å². The number of fused-ring (bicyclic) bond motifs is 5. The van der Waals surface area contributed by atoms with Gasteiger partial charge in [-0.25, -0.2) is 0 Å². The Kier molecular flexibility index (Phi) is 8.19. The van der Waals surface area contributed by atoms with E-state index in [1.54, 1.807) is 16.7 Å². The number of nitrogens with zero attached hydrogens (tertiary/aromatic N) is 2. The van der Waals surface area contributed by atoms with Crippen molar-refractivity contribution >= 4 is 22.7 Å². The van der Waals surface area contributed by atoms with Crippen molar-refractivity contribution in [3.8, 4) is 11.1 Å². The molecule has 6 aliphatic carbocycles. The molecule has 4 atom stereocenters. The minimum atomic E-state index is 0.218. The molecule has 4 unspecified atom stereocenters. The number of allylic oxidation sites excluding steroid dienone is 12. The van der Waals surface area contributed by atoms with Gasteiger partial charge in [-0.05, 0) is 134 Å². The van der Waals surface area contributed by atoms with Gasteiger partial charge in [-0.3, -0.25) is 0 Å². The number of anilines is 1. The summed E-state index contributed by atoms with van der Waals surface area (Å²) in [6.45, 7) is 5.05. The second-order valence-corrected chi connectivity index (χ2v) is 16.9. The Morgan fingerprint density at radius 3 is 2.40 bits per heavy atom. The third kappa shape index (κ3) is 5.60. The predicted octanol–water partition coefficient (Wildman–Crippen LogP) is 13.4. The van der Waals surface area contributed by atoms with E-state index in [1.165, 1.54) is 75.9 Å². The molecule has 0 amide bonds. The van der Waals surface area contributed by atoms with Crippen molar-refractivity contribution < 1.29 is 0 Å². The summed E-state index contributed by atoms with van der Waals surface area (Å²) in [6.07, 6.45) is 35.3. The topological polar surface area (TPSA) is 8.17 Å². The summed E-state index contributed by atoms with van der Waals surface area (Å²) >= 11 is 0. The lowest BCUT2D eigenvalue weighted by Crippen LogP contribution is -2.40. The zero-order chi connectivity index (χ0) is 35.5. The molecule has 4 aromatic rings. The first-order valence-electron chi connectivity index (χ1n) is 20.5. The molecule has 266 valence electrons. The van der Waals surface area contributed by atoms with Crippen LogP contribution in [-0.4, -0.2) is 10.6 Å². The first-order chi connectivity index (χ1) is 26.0. The van der Waals surface area contributed by atoms with E-state index < -0.39 is 0 Å². The molecule has 0 fully saturated rings. The number of benzene rings is 3. The minimum Gasteiger partial charge on any atom is -0.342 e. The van der Waals surface area contributed by atoms with Gasteiger partial charge >= 0.3 is 0 Å². The third-order valence-corrected chi connectivity index (χ3v) is 13.7. The van der Waals surface area contributed by atoms with Crippen molar-refractivity contribution in [2.45, 2.75) is 96.1 Å². The lowest BCUT2D eigenvalue weighted by Gasteiger charge is -2.43. The molecular formula is C51H52N2. The van der Waals surface area contributed by atoms with E-state index in [9.17, 15) is 0 Å². The van der Waals surface area contributed by atoms with Crippen LogP contribution in [0.1, 0.15) is 100 Å². The maximum Gasteiger partial charge on any atom is 0.0557 e. The van der Waals surface area contributed by atoms with Gasteiger partial charge in [0.2, 0.25) is 0 Å². The first kappa shape index (κ1) is 32.8. The maximum absolute atomic E-state index is 2.78. The van der Waals surface area contributed by atoms with Crippen molar-refractivity contribution in [1.29, 1.82) is 0 Å². The molecule has 0 saturated heterocycles. The highest BCUT2D eigenvalue weighted by molar-refractivity contribution is 5.95. The summed E-state index contributed by atoms with van der Waals surface area (Å²) in [4.78, 5) is 2.78. The fourth-order valence-electron chi connectivity index (χ4n) is 11.0. The largest absolute Gasteiger partial charge is 0.342 e. The van der Waals surface area contributed by atoms with Gasteiger partial charge in [-0.2, -0.15) is 0 Å². The molecule has 0 spiro atoms. The second-order valence-electron chi connectivity index (χ2n) is 16.9. The average molecular weight is 693 g/mol. The first-order valence-corrected chi connectivity index (χ1v) is 20.5. The molecule has 2 nitrogen and oxygen atoms in total. The van der Waals surface area contributed by atoms with Gasteiger partial charge in [-0.15, -0.1) is 0 Å². The molecule has 3 aromatic carbocycles. The molecule has 0 bridgehead atoms. The predicted molar refractivity (Wildman–Crippen MR) is 224 cm³/mol. The van der Waals surface area contributed by atoms with Crippen LogP contribution in [-0.2, 0) is 6.42 Å². The molecule has 6 aliphatic rings. The second kappa shape index (κ2) is 13.2. The fourth-order valence-corrected chi connectivity index (χ4v) is 11.0. The lowest BCUT2D eigenvalue weighted by atomic mass is 9.70. The van der Waals surface area contributed by atoms with Gasteiger partial charge in [0.25, 0.3) is 0 Å². The Morgan fingerprint density at radius 1 is 0.755 bits per heavy atom. The summed E-state index contributed by atoms with van der Waals surface area (Å²) in [5, 5.41) is 1.39. The number of hydrogen-bond donors (Lipinski definition) is 0. The fraction of sp³-hybridized carbons (Fsp3) is 0.333. The van der Waals surface area contributed by atoms with Crippen LogP contribution in [0.4, 0.5) is 5.69 Å². The van der Waals surface area contributed by atoms with Crippen LogP contribution in [0.15, 0.2) is 150 Å². The average Bonchev–Trinajstić information content (AvgIpc) is 3.67. The molecule has 0 N–H and O–H groups in total.